The minimum Gasteiger partial charge on any atom is -0.458 e. The predicted octanol–water partition coefficient (Wildman–Crippen LogP) is 2.63. The van der Waals surface area contributed by atoms with Gasteiger partial charge in [-0.25, -0.2) is 0 Å². The first-order valence-corrected chi connectivity index (χ1v) is 4.90. The van der Waals surface area contributed by atoms with Gasteiger partial charge in [0.1, 0.15) is 5.76 Å². The fraction of sp³-hybridized carbons (Fsp3) is 0.364. The normalized spacial score (nSPS) is 13.3. The lowest BCUT2D eigenvalue weighted by atomic mass is 10.1. The summed E-state index contributed by atoms with van der Waals surface area (Å²) >= 11 is 0. The van der Waals surface area contributed by atoms with Crippen LogP contribution in [0.5, 0.6) is 0 Å². The van der Waals surface area contributed by atoms with Crippen molar-refractivity contribution >= 4 is 11.0 Å². The van der Waals surface area contributed by atoms with Crippen LogP contribution in [-0.2, 0) is 0 Å². The summed E-state index contributed by atoms with van der Waals surface area (Å²) in [4.78, 5) is 4.00. The number of fused-ring (bicyclic) bond motifs is 1. The molecule has 3 heteroatoms. The van der Waals surface area contributed by atoms with E-state index in [1.165, 1.54) is 0 Å². The van der Waals surface area contributed by atoms with Gasteiger partial charge in [-0.3, -0.25) is 4.98 Å². The maximum atomic E-state index is 5.96. The minimum absolute atomic E-state index is 0.00685. The third kappa shape index (κ3) is 1.63. The Hall–Kier alpha value is -1.35. The van der Waals surface area contributed by atoms with Crippen molar-refractivity contribution < 1.29 is 4.42 Å². The number of hydrogen-bond donors (Lipinski definition) is 1. The molecule has 0 aliphatic carbocycles. The van der Waals surface area contributed by atoms with E-state index in [0.29, 0.717) is 0 Å². The molecule has 2 N–H and O–H groups in total. The molecule has 74 valence electrons. The lowest BCUT2D eigenvalue weighted by Crippen LogP contribution is -2.08. The molecule has 0 fully saturated rings. The van der Waals surface area contributed by atoms with Crippen LogP contribution in [0.1, 0.15) is 31.6 Å². The summed E-state index contributed by atoms with van der Waals surface area (Å²) in [6, 6.07) is 3.94. The van der Waals surface area contributed by atoms with E-state index in [1.807, 2.05) is 12.1 Å². The van der Waals surface area contributed by atoms with E-state index < -0.39 is 0 Å². The molecule has 2 rings (SSSR count). The number of nitrogens with zero attached hydrogens (tertiary/aromatic N) is 1. The molecular formula is C11H14N2O. The van der Waals surface area contributed by atoms with Crippen molar-refractivity contribution in [1.82, 2.24) is 4.98 Å². The number of rotatable bonds is 3. The second-order valence-electron chi connectivity index (χ2n) is 3.46. The van der Waals surface area contributed by atoms with Crippen LogP contribution in [-0.4, -0.2) is 4.98 Å². The molecule has 0 amide bonds. The van der Waals surface area contributed by atoms with Crippen LogP contribution in [0.4, 0.5) is 0 Å². The van der Waals surface area contributed by atoms with E-state index in [4.69, 9.17) is 10.2 Å². The zero-order chi connectivity index (χ0) is 9.97. The highest BCUT2D eigenvalue weighted by Crippen LogP contribution is 2.23. The van der Waals surface area contributed by atoms with Gasteiger partial charge in [0.2, 0.25) is 0 Å². The summed E-state index contributed by atoms with van der Waals surface area (Å²) in [6.07, 6.45) is 5.49. The Morgan fingerprint density at radius 3 is 3.14 bits per heavy atom. The summed E-state index contributed by atoms with van der Waals surface area (Å²) in [6.45, 7) is 2.12. The highest BCUT2D eigenvalue weighted by atomic mass is 16.3. The van der Waals surface area contributed by atoms with Crippen LogP contribution < -0.4 is 5.73 Å². The lowest BCUT2D eigenvalue weighted by molar-refractivity contribution is 0.474. The molecule has 2 aromatic heterocycles. The maximum Gasteiger partial charge on any atom is 0.152 e. The summed E-state index contributed by atoms with van der Waals surface area (Å²) in [5.41, 5.74) is 6.77. The van der Waals surface area contributed by atoms with Crippen LogP contribution >= 0.6 is 0 Å². The molecule has 0 aromatic carbocycles. The first-order chi connectivity index (χ1) is 6.81. The maximum absolute atomic E-state index is 5.96. The zero-order valence-corrected chi connectivity index (χ0v) is 8.23. The molecule has 2 aromatic rings. The van der Waals surface area contributed by atoms with Gasteiger partial charge in [0.05, 0.1) is 12.2 Å². The van der Waals surface area contributed by atoms with E-state index in [1.54, 1.807) is 12.4 Å². The molecule has 0 spiro atoms. The van der Waals surface area contributed by atoms with Crippen molar-refractivity contribution in [3.05, 3.63) is 30.3 Å². The molecule has 0 aliphatic rings. The van der Waals surface area contributed by atoms with Gasteiger partial charge in [0.15, 0.2) is 5.58 Å². The molecular weight excluding hydrogens is 176 g/mol. The van der Waals surface area contributed by atoms with Crippen LogP contribution in [0, 0.1) is 0 Å². The van der Waals surface area contributed by atoms with Gasteiger partial charge in [0, 0.05) is 11.6 Å². The molecule has 0 saturated heterocycles. The van der Waals surface area contributed by atoms with Gasteiger partial charge in [0.25, 0.3) is 0 Å². The quantitative estimate of drug-likeness (QED) is 0.809. The summed E-state index contributed by atoms with van der Waals surface area (Å²) < 4.78 is 5.59. The van der Waals surface area contributed by atoms with Gasteiger partial charge >= 0.3 is 0 Å². The number of furan rings is 1. The molecule has 0 radical (unpaired) electrons. The highest BCUT2D eigenvalue weighted by Gasteiger charge is 2.10. The van der Waals surface area contributed by atoms with Crippen molar-refractivity contribution in [2.24, 2.45) is 5.73 Å². The van der Waals surface area contributed by atoms with Crippen LogP contribution in [0.25, 0.3) is 11.0 Å². The van der Waals surface area contributed by atoms with Gasteiger partial charge < -0.3 is 10.2 Å². The summed E-state index contributed by atoms with van der Waals surface area (Å²) in [5, 5.41) is 1.07. The number of pyridine rings is 1. The molecule has 3 nitrogen and oxygen atoms in total. The Morgan fingerprint density at radius 1 is 1.57 bits per heavy atom. The van der Waals surface area contributed by atoms with Crippen molar-refractivity contribution in [2.75, 3.05) is 0 Å². The van der Waals surface area contributed by atoms with Gasteiger partial charge in [-0.05, 0) is 18.6 Å². The number of hydrogen-bond acceptors (Lipinski definition) is 3. The van der Waals surface area contributed by atoms with Crippen LogP contribution in [0.15, 0.2) is 28.9 Å². The van der Waals surface area contributed by atoms with Crippen LogP contribution in [0.2, 0.25) is 0 Å². The van der Waals surface area contributed by atoms with Gasteiger partial charge in [-0.2, -0.15) is 0 Å². The fourth-order valence-corrected chi connectivity index (χ4v) is 1.54. The van der Waals surface area contributed by atoms with Crippen molar-refractivity contribution in [3.63, 3.8) is 0 Å². The zero-order valence-electron chi connectivity index (χ0n) is 8.23. The number of nitrogens with two attached hydrogens (primary N) is 1. The first-order valence-electron chi connectivity index (χ1n) is 4.90. The standard InChI is InChI=1S/C11H14N2O/c1-2-3-9(12)10-6-8-4-5-13-7-11(8)14-10/h4-7,9H,2-3,12H2,1H3. The van der Waals surface area contributed by atoms with Crippen molar-refractivity contribution in [2.45, 2.75) is 25.8 Å². The molecule has 0 bridgehead atoms. The Morgan fingerprint density at radius 2 is 2.43 bits per heavy atom. The topological polar surface area (TPSA) is 52.0 Å². The second-order valence-corrected chi connectivity index (χ2v) is 3.46. The summed E-state index contributed by atoms with van der Waals surface area (Å²) in [5.74, 6) is 0.856. The molecule has 2 heterocycles. The molecule has 0 saturated carbocycles. The third-order valence-electron chi connectivity index (χ3n) is 2.31. The highest BCUT2D eigenvalue weighted by molar-refractivity contribution is 5.76. The third-order valence-corrected chi connectivity index (χ3v) is 2.31. The second kappa shape index (κ2) is 3.80. The first kappa shape index (κ1) is 9.21. The Bertz CT molecular complexity index is 389. The van der Waals surface area contributed by atoms with Crippen LogP contribution in [0.3, 0.4) is 0 Å². The molecule has 0 aliphatic heterocycles. The SMILES string of the molecule is CCCC(N)c1cc2ccncc2o1. The lowest BCUT2D eigenvalue weighted by Gasteiger charge is -2.04. The van der Waals surface area contributed by atoms with Crippen molar-refractivity contribution in [3.8, 4) is 0 Å². The Kier molecular flexibility index (Phi) is 2.50. The van der Waals surface area contributed by atoms with Gasteiger partial charge in [-0.1, -0.05) is 13.3 Å². The smallest absolute Gasteiger partial charge is 0.152 e. The van der Waals surface area contributed by atoms with E-state index in [0.717, 1.165) is 29.6 Å². The van der Waals surface area contributed by atoms with Gasteiger partial charge in [-0.15, -0.1) is 0 Å². The van der Waals surface area contributed by atoms with E-state index in [9.17, 15) is 0 Å². The van der Waals surface area contributed by atoms with E-state index in [2.05, 4.69) is 11.9 Å². The Labute approximate surface area is 82.9 Å². The van der Waals surface area contributed by atoms with Crippen molar-refractivity contribution in [1.29, 1.82) is 0 Å². The predicted molar refractivity (Wildman–Crippen MR) is 55.8 cm³/mol. The largest absolute Gasteiger partial charge is 0.458 e. The number of aromatic nitrogens is 1. The average Bonchev–Trinajstić information content (AvgIpc) is 2.61. The molecule has 1 atom stereocenters. The Balaban J connectivity index is 2.35. The molecule has 1 unspecified atom stereocenters. The minimum atomic E-state index is 0.00685. The summed E-state index contributed by atoms with van der Waals surface area (Å²) in [7, 11) is 0. The average molecular weight is 190 g/mol. The van der Waals surface area contributed by atoms with E-state index in [-0.39, 0.29) is 6.04 Å². The monoisotopic (exact) mass is 190 g/mol. The van der Waals surface area contributed by atoms with E-state index >= 15 is 0 Å². The fourth-order valence-electron chi connectivity index (χ4n) is 1.54. The molecule has 14 heavy (non-hydrogen) atoms.